The van der Waals surface area contributed by atoms with Gasteiger partial charge in [0.2, 0.25) is 11.8 Å². The number of halogens is 2. The first-order valence-corrected chi connectivity index (χ1v) is 6.44. The Balaban J connectivity index is 1.85. The van der Waals surface area contributed by atoms with Crippen LogP contribution in [-0.4, -0.2) is 28.5 Å². The maximum atomic E-state index is 8.73. The van der Waals surface area contributed by atoms with Crippen LogP contribution in [0.2, 0.25) is 10.0 Å². The lowest BCUT2D eigenvalue weighted by Crippen LogP contribution is -2.01. The topological polar surface area (TPSA) is 68.4 Å². The van der Waals surface area contributed by atoms with Crippen molar-refractivity contribution in [2.75, 3.05) is 13.2 Å². The lowest BCUT2D eigenvalue weighted by Gasteiger charge is -2.05. The Morgan fingerprint density at radius 3 is 2.32 bits per heavy atom. The summed E-state index contributed by atoms with van der Waals surface area (Å²) in [5, 5.41) is 17.4. The van der Waals surface area contributed by atoms with E-state index in [9.17, 15) is 0 Å². The van der Waals surface area contributed by atoms with E-state index in [0.29, 0.717) is 47.0 Å². The fourth-order valence-corrected chi connectivity index (χ4v) is 1.96. The van der Waals surface area contributed by atoms with Crippen LogP contribution >= 0.6 is 23.2 Å². The highest BCUT2D eigenvalue weighted by atomic mass is 35.5. The SMILES string of the molecule is OCCc1nnc(CCOc2cc(Cl)cc(Cl)c2)o1. The van der Waals surface area contributed by atoms with E-state index in [1.165, 1.54) is 0 Å². The number of aromatic nitrogens is 2. The number of hydrogen-bond donors (Lipinski definition) is 1. The minimum absolute atomic E-state index is 0.0147. The largest absolute Gasteiger partial charge is 0.493 e. The zero-order chi connectivity index (χ0) is 13.7. The first-order chi connectivity index (χ1) is 9.17. The van der Waals surface area contributed by atoms with Gasteiger partial charge in [-0.2, -0.15) is 0 Å². The Labute approximate surface area is 120 Å². The van der Waals surface area contributed by atoms with E-state index in [0.717, 1.165) is 0 Å². The number of ether oxygens (including phenoxy) is 1. The molecule has 0 saturated heterocycles. The van der Waals surface area contributed by atoms with E-state index in [1.54, 1.807) is 18.2 Å². The predicted molar refractivity (Wildman–Crippen MR) is 70.7 cm³/mol. The maximum Gasteiger partial charge on any atom is 0.219 e. The number of aliphatic hydroxyl groups is 1. The van der Waals surface area contributed by atoms with Crippen molar-refractivity contribution in [3.63, 3.8) is 0 Å². The normalized spacial score (nSPS) is 10.7. The average Bonchev–Trinajstić information content (AvgIpc) is 2.76. The second-order valence-electron chi connectivity index (χ2n) is 3.77. The van der Waals surface area contributed by atoms with Crippen molar-refractivity contribution in [1.29, 1.82) is 0 Å². The summed E-state index contributed by atoms with van der Waals surface area (Å²) in [7, 11) is 0. The van der Waals surface area contributed by atoms with Gasteiger partial charge in [0, 0.05) is 16.5 Å². The molecule has 5 nitrogen and oxygen atoms in total. The van der Waals surface area contributed by atoms with Crippen LogP contribution in [0, 0.1) is 0 Å². The van der Waals surface area contributed by atoms with Crippen molar-refractivity contribution in [2.24, 2.45) is 0 Å². The number of benzene rings is 1. The molecule has 0 radical (unpaired) electrons. The van der Waals surface area contributed by atoms with Gasteiger partial charge in [-0.05, 0) is 18.2 Å². The van der Waals surface area contributed by atoms with Crippen molar-refractivity contribution in [3.05, 3.63) is 40.0 Å². The number of hydrogen-bond acceptors (Lipinski definition) is 5. The number of rotatable bonds is 6. The van der Waals surface area contributed by atoms with Gasteiger partial charge >= 0.3 is 0 Å². The molecule has 0 bridgehead atoms. The molecule has 0 aliphatic heterocycles. The molecule has 2 aromatic rings. The summed E-state index contributed by atoms with van der Waals surface area (Å²) in [5.74, 6) is 1.48. The van der Waals surface area contributed by atoms with Crippen molar-refractivity contribution >= 4 is 23.2 Å². The fraction of sp³-hybridized carbons (Fsp3) is 0.333. The molecule has 0 atom stereocenters. The molecular weight excluding hydrogens is 291 g/mol. The van der Waals surface area contributed by atoms with Crippen LogP contribution in [0.5, 0.6) is 5.75 Å². The molecule has 7 heteroatoms. The third kappa shape index (κ3) is 4.38. The highest BCUT2D eigenvalue weighted by Crippen LogP contribution is 2.24. The molecule has 0 saturated carbocycles. The van der Waals surface area contributed by atoms with Crippen LogP contribution in [0.1, 0.15) is 11.8 Å². The first-order valence-electron chi connectivity index (χ1n) is 5.68. The zero-order valence-electron chi connectivity index (χ0n) is 9.97. The van der Waals surface area contributed by atoms with E-state index in [-0.39, 0.29) is 6.61 Å². The van der Waals surface area contributed by atoms with Crippen LogP contribution in [0.25, 0.3) is 0 Å². The van der Waals surface area contributed by atoms with Gasteiger partial charge < -0.3 is 14.3 Å². The molecule has 0 aliphatic rings. The van der Waals surface area contributed by atoms with Gasteiger partial charge in [0.25, 0.3) is 0 Å². The van der Waals surface area contributed by atoms with Crippen LogP contribution in [-0.2, 0) is 12.8 Å². The molecule has 0 spiro atoms. The average molecular weight is 303 g/mol. The van der Waals surface area contributed by atoms with Crippen LogP contribution < -0.4 is 4.74 Å². The summed E-state index contributed by atoms with van der Waals surface area (Å²) in [6.45, 7) is 0.358. The van der Waals surface area contributed by atoms with Gasteiger partial charge in [0.05, 0.1) is 19.6 Å². The van der Waals surface area contributed by atoms with E-state index >= 15 is 0 Å². The minimum Gasteiger partial charge on any atom is -0.493 e. The number of nitrogens with zero attached hydrogens (tertiary/aromatic N) is 2. The summed E-state index contributed by atoms with van der Waals surface area (Å²) in [6.07, 6.45) is 0.834. The third-order valence-electron chi connectivity index (χ3n) is 2.26. The monoisotopic (exact) mass is 302 g/mol. The molecule has 1 heterocycles. The molecule has 1 aromatic heterocycles. The van der Waals surface area contributed by atoms with Gasteiger partial charge in [-0.15, -0.1) is 10.2 Å². The van der Waals surface area contributed by atoms with Crippen molar-refractivity contribution in [2.45, 2.75) is 12.8 Å². The van der Waals surface area contributed by atoms with Gasteiger partial charge in [0.1, 0.15) is 5.75 Å². The molecule has 102 valence electrons. The lowest BCUT2D eigenvalue weighted by atomic mass is 10.3. The predicted octanol–water partition coefficient (Wildman–Crippen LogP) is 2.53. The highest BCUT2D eigenvalue weighted by Gasteiger charge is 2.06. The molecule has 0 aliphatic carbocycles. The number of aliphatic hydroxyl groups excluding tert-OH is 1. The van der Waals surface area contributed by atoms with E-state index in [4.69, 9.17) is 37.5 Å². The molecule has 1 aromatic carbocycles. The lowest BCUT2D eigenvalue weighted by molar-refractivity contribution is 0.278. The highest BCUT2D eigenvalue weighted by molar-refractivity contribution is 6.34. The van der Waals surface area contributed by atoms with Crippen LogP contribution in [0.15, 0.2) is 22.6 Å². The van der Waals surface area contributed by atoms with E-state index in [2.05, 4.69) is 10.2 Å². The quantitative estimate of drug-likeness (QED) is 0.888. The smallest absolute Gasteiger partial charge is 0.219 e. The van der Waals surface area contributed by atoms with E-state index < -0.39 is 0 Å². The summed E-state index contributed by atoms with van der Waals surface area (Å²) < 4.78 is 10.8. The molecule has 19 heavy (non-hydrogen) atoms. The Morgan fingerprint density at radius 1 is 1.05 bits per heavy atom. The molecule has 0 amide bonds. The summed E-state index contributed by atoms with van der Waals surface area (Å²) in [5.41, 5.74) is 0. The summed E-state index contributed by atoms with van der Waals surface area (Å²) in [4.78, 5) is 0. The van der Waals surface area contributed by atoms with Gasteiger partial charge in [-0.25, -0.2) is 0 Å². The van der Waals surface area contributed by atoms with Crippen molar-refractivity contribution in [3.8, 4) is 5.75 Å². The zero-order valence-corrected chi connectivity index (χ0v) is 11.5. The molecule has 2 rings (SSSR count). The fourth-order valence-electron chi connectivity index (χ4n) is 1.45. The molecule has 1 N–H and O–H groups in total. The Hall–Kier alpha value is -1.30. The van der Waals surface area contributed by atoms with Crippen LogP contribution in [0.3, 0.4) is 0 Å². The summed E-state index contributed by atoms with van der Waals surface area (Å²) >= 11 is 11.7. The molecule has 0 unspecified atom stereocenters. The standard InChI is InChI=1S/C12H12Cl2N2O3/c13-8-5-9(14)7-10(6-8)18-4-2-12-16-15-11(19-12)1-3-17/h5-7,17H,1-4H2. The van der Waals surface area contributed by atoms with Crippen molar-refractivity contribution in [1.82, 2.24) is 10.2 Å². The van der Waals surface area contributed by atoms with Crippen molar-refractivity contribution < 1.29 is 14.3 Å². The molecular formula is C12H12Cl2N2O3. The minimum atomic E-state index is -0.0147. The van der Waals surface area contributed by atoms with E-state index in [1.807, 2.05) is 0 Å². The first kappa shape index (κ1) is 14.1. The van der Waals surface area contributed by atoms with Crippen LogP contribution in [0.4, 0.5) is 0 Å². The maximum absolute atomic E-state index is 8.73. The molecule has 0 fully saturated rings. The van der Waals surface area contributed by atoms with Gasteiger partial charge in [-0.1, -0.05) is 23.2 Å². The second-order valence-corrected chi connectivity index (χ2v) is 4.64. The van der Waals surface area contributed by atoms with Gasteiger partial charge in [0.15, 0.2) is 0 Å². The Bertz CT molecular complexity index is 525. The second kappa shape index (κ2) is 6.75. The Kier molecular flexibility index (Phi) is 5.01. The Morgan fingerprint density at radius 2 is 1.68 bits per heavy atom. The third-order valence-corrected chi connectivity index (χ3v) is 2.69. The van der Waals surface area contributed by atoms with Gasteiger partial charge in [-0.3, -0.25) is 0 Å². The summed E-state index contributed by atoms with van der Waals surface area (Å²) in [6, 6.07) is 4.99.